The first kappa shape index (κ1) is 30.7. The molecule has 2 nitrogen and oxygen atoms in total. The lowest BCUT2D eigenvalue weighted by Crippen LogP contribution is -2.53. The summed E-state index contributed by atoms with van der Waals surface area (Å²) in [6.07, 6.45) is 35.4. The zero-order chi connectivity index (χ0) is 24.3. The second-order valence-corrected chi connectivity index (χ2v) is 25.5. The van der Waals surface area contributed by atoms with Crippen molar-refractivity contribution in [3.63, 3.8) is 0 Å². The third-order valence-corrected chi connectivity index (χ3v) is 28.4. The van der Waals surface area contributed by atoms with E-state index in [0.717, 1.165) is 0 Å². The fraction of sp³-hybridized carbons (Fsp3) is 1.00. The third-order valence-electron chi connectivity index (χ3n) is 8.31. The number of nitrogens with zero attached hydrogens (tertiary/aromatic N) is 2. The Hall–Kier alpha value is 2.18. The van der Waals surface area contributed by atoms with Crippen molar-refractivity contribution in [3.8, 4) is 0 Å². The maximum Gasteiger partial charge on any atom is 0.172 e. The molecule has 0 spiro atoms. The SMILES string of the molecule is CS[P+]1([S-])N(C2CCCCCCCCCCC2)[P+]([S-])(SC)N1C1CCCCCCCCCCC1. The fourth-order valence-corrected chi connectivity index (χ4v) is 31.5. The normalized spacial score (nSPS) is 34.2. The van der Waals surface area contributed by atoms with Crippen LogP contribution in [-0.2, 0) is 24.5 Å². The lowest BCUT2D eigenvalue weighted by Gasteiger charge is -2.66. The van der Waals surface area contributed by atoms with Crippen LogP contribution >= 0.6 is 34.7 Å². The molecule has 0 unspecified atom stereocenters. The van der Waals surface area contributed by atoms with Gasteiger partial charge in [0.15, 0.2) is 11.9 Å². The highest BCUT2D eigenvalue weighted by Gasteiger charge is 2.74. The molecule has 1 aliphatic heterocycles. The standard InChI is InChI=1S/C26H52N2P2S4/c1-33-29(31)27(25-21-17-13-9-5-3-6-10-14-18-22-25)30(32,34-2)28(29)26-23-19-15-11-7-4-8-12-16-20-24-26/h25-26H,3-24H2,1-2H3. The Morgan fingerprint density at radius 2 is 0.647 bits per heavy atom. The van der Waals surface area contributed by atoms with E-state index in [4.69, 9.17) is 24.5 Å². The lowest BCUT2D eigenvalue weighted by atomic mass is 9.98. The molecule has 3 rings (SSSR count). The van der Waals surface area contributed by atoms with Crippen molar-refractivity contribution in [3.05, 3.63) is 0 Å². The van der Waals surface area contributed by atoms with Crippen LogP contribution in [0.3, 0.4) is 0 Å². The second kappa shape index (κ2) is 16.3. The maximum atomic E-state index is 6.70. The highest BCUT2D eigenvalue weighted by molar-refractivity contribution is 8.96. The van der Waals surface area contributed by atoms with Crippen molar-refractivity contribution in [2.24, 2.45) is 0 Å². The van der Waals surface area contributed by atoms with Gasteiger partial charge in [-0.15, -0.1) is 0 Å². The first-order chi connectivity index (χ1) is 16.6. The summed E-state index contributed by atoms with van der Waals surface area (Å²) in [6.45, 7) is 0. The van der Waals surface area contributed by atoms with Gasteiger partial charge in [-0.05, 0) is 34.6 Å². The van der Waals surface area contributed by atoms with Gasteiger partial charge in [0, 0.05) is 35.3 Å². The molecule has 2 aliphatic carbocycles. The van der Waals surface area contributed by atoms with E-state index in [2.05, 4.69) is 21.4 Å². The Morgan fingerprint density at radius 1 is 0.441 bits per heavy atom. The van der Waals surface area contributed by atoms with Crippen LogP contribution in [0.1, 0.15) is 141 Å². The molecule has 0 amide bonds. The molecule has 0 aromatic carbocycles. The van der Waals surface area contributed by atoms with Crippen LogP contribution < -0.4 is 0 Å². The van der Waals surface area contributed by atoms with Gasteiger partial charge in [0.1, 0.15) is 0 Å². The van der Waals surface area contributed by atoms with E-state index < -0.39 is 11.9 Å². The zero-order valence-corrected chi connectivity index (χ0v) is 27.2. The molecule has 0 aromatic heterocycles. The summed E-state index contributed by atoms with van der Waals surface area (Å²) in [7, 11) is 0. The second-order valence-electron chi connectivity index (χ2n) is 10.8. The monoisotopic (exact) mass is 582 g/mol. The van der Waals surface area contributed by atoms with Crippen molar-refractivity contribution in [1.82, 2.24) is 8.88 Å². The first-order valence-electron chi connectivity index (χ1n) is 14.5. The molecule has 3 aliphatic rings. The van der Waals surface area contributed by atoms with Crippen LogP contribution in [0.2, 0.25) is 0 Å². The number of rotatable bonds is 4. The van der Waals surface area contributed by atoms with E-state index in [1.54, 1.807) is 0 Å². The Kier molecular flexibility index (Phi) is 14.7. The van der Waals surface area contributed by atoms with Gasteiger partial charge in [-0.25, -0.2) is 0 Å². The largest absolute Gasteiger partial charge is 0.498 e. The molecular formula is C26H52N2P2S4. The van der Waals surface area contributed by atoms with Gasteiger partial charge in [0.25, 0.3) is 0 Å². The van der Waals surface area contributed by atoms with Crippen LogP contribution in [0.4, 0.5) is 0 Å². The van der Waals surface area contributed by atoms with Gasteiger partial charge in [0.05, 0.1) is 12.1 Å². The smallest absolute Gasteiger partial charge is 0.172 e. The van der Waals surface area contributed by atoms with Gasteiger partial charge in [-0.2, -0.15) is 0 Å². The molecule has 3 fully saturated rings. The molecule has 8 heteroatoms. The summed E-state index contributed by atoms with van der Waals surface area (Å²) in [4.78, 5) is 0. The molecule has 0 bridgehead atoms. The van der Waals surface area contributed by atoms with Crippen LogP contribution in [0.25, 0.3) is 0 Å². The van der Waals surface area contributed by atoms with Crippen molar-refractivity contribution >= 4 is 59.2 Å². The quantitative estimate of drug-likeness (QED) is 0.238. The summed E-state index contributed by atoms with van der Waals surface area (Å²) in [5.74, 6) is -3.57. The Labute approximate surface area is 232 Å². The van der Waals surface area contributed by atoms with Gasteiger partial charge in [0.2, 0.25) is 0 Å². The van der Waals surface area contributed by atoms with Crippen molar-refractivity contribution in [2.75, 3.05) is 12.5 Å². The fourth-order valence-electron chi connectivity index (χ4n) is 6.35. The Morgan fingerprint density at radius 3 is 0.853 bits per heavy atom. The van der Waals surface area contributed by atoms with Crippen LogP contribution in [0.5, 0.6) is 0 Å². The van der Waals surface area contributed by atoms with Crippen LogP contribution in [0, 0.1) is 0 Å². The third kappa shape index (κ3) is 8.09. The molecule has 2 saturated carbocycles. The number of hydrogen-bond donors (Lipinski definition) is 0. The summed E-state index contributed by atoms with van der Waals surface area (Å²) >= 11 is 17.4. The average Bonchev–Trinajstić information content (AvgIpc) is 2.82. The topological polar surface area (TPSA) is 6.48 Å². The van der Waals surface area contributed by atoms with Crippen LogP contribution in [0.15, 0.2) is 0 Å². The van der Waals surface area contributed by atoms with Crippen molar-refractivity contribution in [2.45, 2.75) is 153 Å². The highest BCUT2D eigenvalue weighted by Crippen LogP contribution is 3.04. The van der Waals surface area contributed by atoms with Crippen molar-refractivity contribution < 1.29 is 0 Å². The minimum atomic E-state index is -1.78. The number of hydrogen-bond acceptors (Lipinski definition) is 6. The Balaban J connectivity index is 1.76. The summed E-state index contributed by atoms with van der Waals surface area (Å²) in [5, 5.41) is 0. The van der Waals surface area contributed by atoms with E-state index in [1.165, 1.54) is 141 Å². The minimum absolute atomic E-state index is 0.637. The molecule has 34 heavy (non-hydrogen) atoms. The lowest BCUT2D eigenvalue weighted by molar-refractivity contribution is 0.312. The molecule has 200 valence electrons. The molecular weight excluding hydrogens is 531 g/mol. The molecule has 1 saturated heterocycles. The van der Waals surface area contributed by atoms with E-state index in [9.17, 15) is 0 Å². The highest BCUT2D eigenvalue weighted by atomic mass is 33.1. The van der Waals surface area contributed by atoms with Gasteiger partial charge < -0.3 is 24.5 Å². The van der Waals surface area contributed by atoms with Crippen LogP contribution in [-0.4, -0.2) is 33.5 Å². The zero-order valence-electron chi connectivity index (χ0n) is 22.1. The predicted molar refractivity (Wildman–Crippen MR) is 168 cm³/mol. The van der Waals surface area contributed by atoms with Crippen molar-refractivity contribution in [1.29, 1.82) is 0 Å². The van der Waals surface area contributed by atoms with E-state index >= 15 is 0 Å². The van der Waals surface area contributed by atoms with Gasteiger partial charge >= 0.3 is 0 Å². The predicted octanol–water partition coefficient (Wildman–Crippen LogP) is 11.1. The molecule has 0 atom stereocenters. The van der Waals surface area contributed by atoms with E-state index in [1.807, 2.05) is 22.8 Å². The van der Waals surface area contributed by atoms with E-state index in [-0.39, 0.29) is 0 Å². The Bertz CT molecular complexity index is 491. The van der Waals surface area contributed by atoms with E-state index in [0.29, 0.717) is 12.1 Å². The van der Waals surface area contributed by atoms with Gasteiger partial charge in [-0.3, -0.25) is 0 Å². The maximum absolute atomic E-state index is 6.70. The average molecular weight is 583 g/mol. The molecule has 0 N–H and O–H groups in total. The van der Waals surface area contributed by atoms with Gasteiger partial charge in [-0.1, -0.05) is 116 Å². The molecule has 0 aromatic rings. The molecule has 1 heterocycles. The summed E-state index contributed by atoms with van der Waals surface area (Å²) in [6, 6.07) is 1.27. The molecule has 0 radical (unpaired) electrons. The first-order valence-corrected chi connectivity index (χ1v) is 23.6. The minimum Gasteiger partial charge on any atom is -0.498 e. The summed E-state index contributed by atoms with van der Waals surface area (Å²) in [5.41, 5.74) is 0. The summed E-state index contributed by atoms with van der Waals surface area (Å²) < 4.78 is 5.73.